The van der Waals surface area contributed by atoms with Crippen molar-refractivity contribution in [1.29, 1.82) is 0 Å². The largest absolute Gasteiger partial charge is 0.383 e. The van der Waals surface area contributed by atoms with E-state index in [-0.39, 0.29) is 11.5 Å². The SMILES string of the molecule is CCCN(CC)CCNc1cc([N+](=O)[O-])cc(N)n1. The van der Waals surface area contributed by atoms with Crippen LogP contribution in [-0.4, -0.2) is 41.0 Å². The summed E-state index contributed by atoms with van der Waals surface area (Å²) in [5, 5.41) is 13.8. The molecule has 0 saturated heterocycles. The van der Waals surface area contributed by atoms with E-state index in [2.05, 4.69) is 29.0 Å². The number of nitrogens with one attached hydrogen (secondary N) is 1. The average molecular weight is 267 g/mol. The maximum atomic E-state index is 10.7. The van der Waals surface area contributed by atoms with Crippen molar-refractivity contribution in [3.63, 3.8) is 0 Å². The number of nitrogens with two attached hydrogens (primary N) is 1. The Morgan fingerprint density at radius 3 is 2.74 bits per heavy atom. The van der Waals surface area contributed by atoms with E-state index in [9.17, 15) is 10.1 Å². The monoisotopic (exact) mass is 267 g/mol. The van der Waals surface area contributed by atoms with Crippen LogP contribution in [-0.2, 0) is 0 Å². The molecule has 0 aliphatic heterocycles. The maximum Gasteiger partial charge on any atom is 0.276 e. The van der Waals surface area contributed by atoms with Gasteiger partial charge in [-0.05, 0) is 19.5 Å². The number of likely N-dealkylation sites (N-methyl/N-ethyl adjacent to an activating group) is 1. The Bertz CT molecular complexity index is 425. The summed E-state index contributed by atoms with van der Waals surface area (Å²) < 4.78 is 0. The number of nitro groups is 1. The van der Waals surface area contributed by atoms with Crippen LogP contribution in [0.4, 0.5) is 17.3 Å². The highest BCUT2D eigenvalue weighted by Crippen LogP contribution is 2.18. The normalized spacial score (nSPS) is 10.7. The second-order valence-corrected chi connectivity index (χ2v) is 4.25. The summed E-state index contributed by atoms with van der Waals surface area (Å²) in [5.41, 5.74) is 5.49. The molecular formula is C12H21N5O2. The lowest BCUT2D eigenvalue weighted by atomic mass is 10.3. The van der Waals surface area contributed by atoms with Gasteiger partial charge in [-0.25, -0.2) is 4.98 Å². The lowest BCUT2D eigenvalue weighted by Crippen LogP contribution is -2.29. The zero-order valence-corrected chi connectivity index (χ0v) is 11.4. The van der Waals surface area contributed by atoms with Crippen molar-refractivity contribution in [2.24, 2.45) is 0 Å². The summed E-state index contributed by atoms with van der Waals surface area (Å²) in [6, 6.07) is 2.65. The van der Waals surface area contributed by atoms with Crippen LogP contribution in [0.1, 0.15) is 20.3 Å². The number of anilines is 2. The van der Waals surface area contributed by atoms with Gasteiger partial charge < -0.3 is 16.0 Å². The zero-order chi connectivity index (χ0) is 14.3. The quantitative estimate of drug-likeness (QED) is 0.549. The second-order valence-electron chi connectivity index (χ2n) is 4.25. The van der Waals surface area contributed by atoms with Gasteiger partial charge in [-0.3, -0.25) is 10.1 Å². The van der Waals surface area contributed by atoms with E-state index in [4.69, 9.17) is 5.73 Å². The number of rotatable bonds is 8. The molecule has 0 fully saturated rings. The highest BCUT2D eigenvalue weighted by Gasteiger charge is 2.09. The lowest BCUT2D eigenvalue weighted by molar-refractivity contribution is -0.384. The topological polar surface area (TPSA) is 97.3 Å². The molecule has 0 aliphatic carbocycles. The lowest BCUT2D eigenvalue weighted by Gasteiger charge is -2.19. The molecule has 0 saturated carbocycles. The van der Waals surface area contributed by atoms with E-state index in [0.29, 0.717) is 12.4 Å². The van der Waals surface area contributed by atoms with Gasteiger partial charge in [0.1, 0.15) is 11.6 Å². The summed E-state index contributed by atoms with van der Waals surface area (Å²) in [4.78, 5) is 16.6. The van der Waals surface area contributed by atoms with Crippen LogP contribution in [0.15, 0.2) is 12.1 Å². The van der Waals surface area contributed by atoms with E-state index >= 15 is 0 Å². The summed E-state index contributed by atoms with van der Waals surface area (Å²) in [5.74, 6) is 0.594. The van der Waals surface area contributed by atoms with E-state index in [0.717, 1.165) is 26.1 Å². The summed E-state index contributed by atoms with van der Waals surface area (Å²) >= 11 is 0. The van der Waals surface area contributed by atoms with Crippen molar-refractivity contribution >= 4 is 17.3 Å². The van der Waals surface area contributed by atoms with Gasteiger partial charge >= 0.3 is 0 Å². The van der Waals surface area contributed by atoms with Crippen molar-refractivity contribution in [2.75, 3.05) is 37.2 Å². The van der Waals surface area contributed by atoms with Crippen LogP contribution < -0.4 is 11.1 Å². The molecule has 0 bridgehead atoms. The number of pyridine rings is 1. The molecule has 7 nitrogen and oxygen atoms in total. The van der Waals surface area contributed by atoms with Crippen molar-refractivity contribution in [1.82, 2.24) is 9.88 Å². The standard InChI is InChI=1S/C12H21N5O2/c1-3-6-16(4-2)7-5-14-12-9-10(17(18)19)8-11(13)15-12/h8-9H,3-7H2,1-2H3,(H3,13,14,15). The Kier molecular flexibility index (Phi) is 6.01. The van der Waals surface area contributed by atoms with Gasteiger partial charge in [0.15, 0.2) is 0 Å². The Hall–Kier alpha value is -1.89. The predicted molar refractivity (Wildman–Crippen MR) is 76.2 cm³/mol. The van der Waals surface area contributed by atoms with Gasteiger partial charge in [0.05, 0.1) is 17.1 Å². The molecule has 1 heterocycles. The Morgan fingerprint density at radius 2 is 2.16 bits per heavy atom. The van der Waals surface area contributed by atoms with Crippen LogP contribution in [0.3, 0.4) is 0 Å². The minimum atomic E-state index is -0.474. The molecule has 1 aromatic heterocycles. The van der Waals surface area contributed by atoms with Gasteiger partial charge in [0.2, 0.25) is 0 Å². The van der Waals surface area contributed by atoms with Crippen molar-refractivity contribution in [3.05, 3.63) is 22.2 Å². The Morgan fingerprint density at radius 1 is 1.42 bits per heavy atom. The van der Waals surface area contributed by atoms with Gasteiger partial charge in [0, 0.05) is 13.1 Å². The number of nitrogens with zero attached hydrogens (tertiary/aromatic N) is 3. The van der Waals surface area contributed by atoms with Crippen LogP contribution in [0.2, 0.25) is 0 Å². The summed E-state index contributed by atoms with van der Waals surface area (Å²) in [6.45, 7) is 7.83. The molecule has 0 radical (unpaired) electrons. The molecule has 1 rings (SSSR count). The van der Waals surface area contributed by atoms with Gasteiger partial charge in [-0.1, -0.05) is 13.8 Å². The first-order valence-corrected chi connectivity index (χ1v) is 6.45. The molecular weight excluding hydrogens is 246 g/mol. The highest BCUT2D eigenvalue weighted by molar-refractivity contribution is 5.52. The zero-order valence-electron chi connectivity index (χ0n) is 11.4. The van der Waals surface area contributed by atoms with E-state index in [1.54, 1.807) is 0 Å². The molecule has 7 heteroatoms. The second kappa shape index (κ2) is 7.52. The first kappa shape index (κ1) is 15.2. The smallest absolute Gasteiger partial charge is 0.276 e. The minimum absolute atomic E-state index is 0.0455. The number of aromatic nitrogens is 1. The third-order valence-corrected chi connectivity index (χ3v) is 2.76. The molecule has 3 N–H and O–H groups in total. The van der Waals surface area contributed by atoms with Crippen molar-refractivity contribution in [3.8, 4) is 0 Å². The fourth-order valence-electron chi connectivity index (χ4n) is 1.82. The maximum absolute atomic E-state index is 10.7. The fourth-order valence-corrected chi connectivity index (χ4v) is 1.82. The van der Waals surface area contributed by atoms with Crippen molar-refractivity contribution < 1.29 is 4.92 Å². The van der Waals surface area contributed by atoms with Crippen LogP contribution in [0.5, 0.6) is 0 Å². The van der Waals surface area contributed by atoms with Crippen molar-refractivity contribution in [2.45, 2.75) is 20.3 Å². The summed E-state index contributed by atoms with van der Waals surface area (Å²) in [6.07, 6.45) is 1.11. The third-order valence-electron chi connectivity index (χ3n) is 2.76. The highest BCUT2D eigenvalue weighted by atomic mass is 16.6. The van der Waals surface area contributed by atoms with Crippen LogP contribution in [0, 0.1) is 10.1 Å². The van der Waals surface area contributed by atoms with Gasteiger partial charge in [-0.15, -0.1) is 0 Å². The van der Waals surface area contributed by atoms with E-state index in [1.807, 2.05) is 0 Å². The molecule has 0 aliphatic rings. The predicted octanol–water partition coefficient (Wildman–Crippen LogP) is 1.72. The first-order valence-electron chi connectivity index (χ1n) is 6.45. The molecule has 0 unspecified atom stereocenters. The molecule has 0 spiro atoms. The van der Waals surface area contributed by atoms with Crippen LogP contribution >= 0.6 is 0 Å². The molecule has 0 aromatic carbocycles. The molecule has 106 valence electrons. The van der Waals surface area contributed by atoms with Gasteiger partial charge in [0.25, 0.3) is 5.69 Å². The molecule has 1 aromatic rings. The summed E-state index contributed by atoms with van der Waals surface area (Å²) in [7, 11) is 0. The number of nitrogen functional groups attached to an aromatic ring is 1. The average Bonchev–Trinajstić information content (AvgIpc) is 2.37. The number of hydrogen-bond donors (Lipinski definition) is 2. The minimum Gasteiger partial charge on any atom is -0.383 e. The van der Waals surface area contributed by atoms with E-state index in [1.165, 1.54) is 12.1 Å². The third kappa shape index (κ3) is 5.09. The van der Waals surface area contributed by atoms with Gasteiger partial charge in [-0.2, -0.15) is 0 Å². The Labute approximate surface area is 113 Å². The Balaban J connectivity index is 2.55. The molecule has 0 atom stereocenters. The fraction of sp³-hybridized carbons (Fsp3) is 0.583. The molecule has 19 heavy (non-hydrogen) atoms. The number of hydrogen-bond acceptors (Lipinski definition) is 6. The molecule has 0 amide bonds. The first-order chi connectivity index (χ1) is 9.06. The van der Waals surface area contributed by atoms with Crippen LogP contribution in [0.25, 0.3) is 0 Å². The van der Waals surface area contributed by atoms with E-state index < -0.39 is 4.92 Å².